The van der Waals surface area contributed by atoms with E-state index in [0.717, 1.165) is 24.1 Å². The van der Waals surface area contributed by atoms with Crippen LogP contribution < -0.4 is 5.63 Å². The second-order valence-electron chi connectivity index (χ2n) is 9.78. The lowest BCUT2D eigenvalue weighted by atomic mass is 9.77. The van der Waals surface area contributed by atoms with Crippen molar-refractivity contribution in [3.8, 4) is 0 Å². The van der Waals surface area contributed by atoms with Crippen LogP contribution >= 0.6 is 0 Å². The Morgan fingerprint density at radius 2 is 1.62 bits per heavy atom. The first-order valence-corrected chi connectivity index (χ1v) is 12.8. The molecular weight excluding hydrogens is 399 g/mol. The lowest BCUT2D eigenvalue weighted by molar-refractivity contribution is 0.302. The molecule has 0 saturated heterocycles. The van der Waals surface area contributed by atoms with Crippen molar-refractivity contribution >= 4 is 21.7 Å². The topological polar surface area (TPSA) is 30.2 Å². The molecule has 0 N–H and O–H groups in total. The Balaban J connectivity index is 1.54. The van der Waals surface area contributed by atoms with Gasteiger partial charge in [-0.15, -0.1) is 0 Å². The predicted molar refractivity (Wildman–Crippen MR) is 132 cm³/mol. The Morgan fingerprint density at radius 1 is 0.875 bits per heavy atom. The van der Waals surface area contributed by atoms with E-state index in [9.17, 15) is 4.79 Å². The van der Waals surface area contributed by atoms with E-state index >= 15 is 4.39 Å². The summed E-state index contributed by atoms with van der Waals surface area (Å²) in [5.74, 6) is 0.994. The molecule has 3 aromatic rings. The molecule has 1 heterocycles. The minimum absolute atomic E-state index is 0.104. The third kappa shape index (κ3) is 4.92. The van der Waals surface area contributed by atoms with Crippen molar-refractivity contribution in [3.05, 3.63) is 57.7 Å². The van der Waals surface area contributed by atoms with Gasteiger partial charge in [0.15, 0.2) is 11.4 Å². The number of fused-ring (bicyclic) bond motifs is 3. The van der Waals surface area contributed by atoms with Crippen LogP contribution in [0.25, 0.3) is 21.7 Å². The minimum atomic E-state index is -0.425. The molecule has 32 heavy (non-hydrogen) atoms. The van der Waals surface area contributed by atoms with Gasteiger partial charge in [-0.25, -0.2) is 9.18 Å². The van der Waals surface area contributed by atoms with Crippen molar-refractivity contribution < 1.29 is 8.81 Å². The number of hydrogen-bond donors (Lipinski definition) is 0. The summed E-state index contributed by atoms with van der Waals surface area (Å²) < 4.78 is 20.5. The molecule has 3 heteroatoms. The molecule has 2 nitrogen and oxygen atoms in total. The van der Waals surface area contributed by atoms with Crippen molar-refractivity contribution in [2.75, 3.05) is 0 Å². The van der Waals surface area contributed by atoms with E-state index in [1.54, 1.807) is 0 Å². The SMILES string of the molecule is CCCCCCC1CCC(c2ccc3c(c2)c(=O)oc2c(F)c(CCCC)ccc23)CC1. The molecule has 0 spiro atoms. The number of benzene rings is 2. The summed E-state index contributed by atoms with van der Waals surface area (Å²) in [5, 5.41) is 2.07. The van der Waals surface area contributed by atoms with Gasteiger partial charge < -0.3 is 4.42 Å². The van der Waals surface area contributed by atoms with Crippen LogP contribution in [0.3, 0.4) is 0 Å². The first kappa shape index (κ1) is 23.0. The lowest BCUT2D eigenvalue weighted by Gasteiger charge is -2.29. The van der Waals surface area contributed by atoms with Crippen LogP contribution in [0.15, 0.2) is 39.5 Å². The third-order valence-corrected chi connectivity index (χ3v) is 7.51. The smallest absolute Gasteiger partial charge is 0.344 e. The van der Waals surface area contributed by atoms with Crippen LogP contribution in [-0.2, 0) is 6.42 Å². The largest absolute Gasteiger partial charge is 0.419 e. The Kier molecular flexibility index (Phi) is 7.65. The van der Waals surface area contributed by atoms with E-state index in [1.165, 1.54) is 63.4 Å². The molecule has 1 aliphatic carbocycles. The molecule has 172 valence electrons. The molecule has 4 rings (SSSR count). The van der Waals surface area contributed by atoms with Crippen LogP contribution in [0.4, 0.5) is 4.39 Å². The van der Waals surface area contributed by atoms with Crippen molar-refractivity contribution in [1.82, 2.24) is 0 Å². The summed E-state index contributed by atoms with van der Waals surface area (Å²) in [6.45, 7) is 4.35. The van der Waals surface area contributed by atoms with Gasteiger partial charge in [0.25, 0.3) is 0 Å². The van der Waals surface area contributed by atoms with Gasteiger partial charge in [0.05, 0.1) is 5.39 Å². The van der Waals surface area contributed by atoms with E-state index < -0.39 is 5.63 Å². The predicted octanol–water partition coefficient (Wildman–Crippen LogP) is 8.67. The monoisotopic (exact) mass is 436 g/mol. The molecule has 1 aliphatic rings. The summed E-state index contributed by atoms with van der Waals surface area (Å²) in [5.41, 5.74) is 1.54. The fourth-order valence-electron chi connectivity index (χ4n) is 5.48. The van der Waals surface area contributed by atoms with E-state index in [-0.39, 0.29) is 11.4 Å². The van der Waals surface area contributed by atoms with Gasteiger partial charge in [0.1, 0.15) is 0 Å². The molecule has 1 aromatic heterocycles. The number of halogens is 1. The lowest BCUT2D eigenvalue weighted by Crippen LogP contribution is -2.14. The summed E-state index contributed by atoms with van der Waals surface area (Å²) >= 11 is 0. The van der Waals surface area contributed by atoms with E-state index in [2.05, 4.69) is 19.9 Å². The molecule has 0 bridgehead atoms. The summed E-state index contributed by atoms with van der Waals surface area (Å²) in [6, 6.07) is 9.93. The maximum Gasteiger partial charge on any atom is 0.344 e. The van der Waals surface area contributed by atoms with Gasteiger partial charge in [0.2, 0.25) is 0 Å². The number of rotatable bonds is 9. The highest BCUT2D eigenvalue weighted by atomic mass is 19.1. The average molecular weight is 437 g/mol. The number of unbranched alkanes of at least 4 members (excludes halogenated alkanes) is 4. The third-order valence-electron chi connectivity index (χ3n) is 7.51. The Morgan fingerprint density at radius 3 is 2.38 bits per heavy atom. The Hall–Kier alpha value is -2.16. The highest BCUT2D eigenvalue weighted by molar-refractivity contribution is 6.04. The van der Waals surface area contributed by atoms with Crippen LogP contribution in [0.5, 0.6) is 0 Å². The second-order valence-corrected chi connectivity index (χ2v) is 9.78. The molecule has 1 saturated carbocycles. The van der Waals surface area contributed by atoms with Crippen LogP contribution in [-0.4, -0.2) is 0 Å². The van der Waals surface area contributed by atoms with Gasteiger partial charge in [-0.3, -0.25) is 0 Å². The zero-order valence-corrected chi connectivity index (χ0v) is 19.7. The molecule has 0 unspecified atom stereocenters. The first-order chi connectivity index (χ1) is 15.6. The summed E-state index contributed by atoms with van der Waals surface area (Å²) in [6.07, 6.45) is 14.3. The van der Waals surface area contributed by atoms with Gasteiger partial charge in [-0.2, -0.15) is 0 Å². The molecule has 0 radical (unpaired) electrons. The van der Waals surface area contributed by atoms with Crippen LogP contribution in [0, 0.1) is 11.7 Å². The molecule has 2 aromatic carbocycles. The average Bonchev–Trinajstić information content (AvgIpc) is 2.82. The molecular formula is C29H37FO2. The second kappa shape index (κ2) is 10.6. The maximum atomic E-state index is 15.0. The summed E-state index contributed by atoms with van der Waals surface area (Å²) in [4.78, 5) is 12.8. The van der Waals surface area contributed by atoms with Crippen molar-refractivity contribution in [3.63, 3.8) is 0 Å². The molecule has 0 amide bonds. The van der Waals surface area contributed by atoms with Crippen LogP contribution in [0.1, 0.15) is 102 Å². The van der Waals surface area contributed by atoms with Gasteiger partial charge >= 0.3 is 5.63 Å². The highest BCUT2D eigenvalue weighted by Gasteiger charge is 2.23. The van der Waals surface area contributed by atoms with Gasteiger partial charge in [-0.1, -0.05) is 76.6 Å². The van der Waals surface area contributed by atoms with Gasteiger partial charge in [0, 0.05) is 10.8 Å². The van der Waals surface area contributed by atoms with Crippen molar-refractivity contribution in [1.29, 1.82) is 0 Å². The highest BCUT2D eigenvalue weighted by Crippen LogP contribution is 2.39. The molecule has 1 fully saturated rings. The molecule has 0 aliphatic heterocycles. The Bertz CT molecular complexity index is 1110. The van der Waals surface area contributed by atoms with Crippen molar-refractivity contribution in [2.45, 2.75) is 96.8 Å². The normalized spacial score (nSPS) is 19.1. The van der Waals surface area contributed by atoms with E-state index in [4.69, 9.17) is 4.42 Å². The van der Waals surface area contributed by atoms with Crippen LogP contribution in [0.2, 0.25) is 0 Å². The summed E-state index contributed by atoms with van der Waals surface area (Å²) in [7, 11) is 0. The quantitative estimate of drug-likeness (QED) is 0.191. The first-order valence-electron chi connectivity index (χ1n) is 12.8. The zero-order chi connectivity index (χ0) is 22.5. The molecule has 0 atom stereocenters. The fraction of sp³-hybridized carbons (Fsp3) is 0.552. The van der Waals surface area contributed by atoms with E-state index in [0.29, 0.717) is 28.7 Å². The maximum absolute atomic E-state index is 15.0. The van der Waals surface area contributed by atoms with E-state index in [1.807, 2.05) is 24.3 Å². The fourth-order valence-corrected chi connectivity index (χ4v) is 5.48. The Labute approximate surface area is 191 Å². The minimum Gasteiger partial charge on any atom is -0.419 e. The standard InChI is InChI=1S/C29H37FO2/c1-3-5-7-8-9-20-11-13-21(14-12-20)23-16-17-24-25-18-15-22(10-6-4-2)27(30)28(25)32-29(31)26(24)19-23/h15-21H,3-14H2,1-2H3. The number of aryl methyl sites for hydroxylation is 1. The van der Waals surface area contributed by atoms with Gasteiger partial charge in [-0.05, 0) is 67.6 Å². The van der Waals surface area contributed by atoms with Crippen molar-refractivity contribution in [2.24, 2.45) is 5.92 Å². The number of hydrogen-bond acceptors (Lipinski definition) is 2. The zero-order valence-electron chi connectivity index (χ0n) is 19.7.